The number of benzene rings is 2. The quantitative estimate of drug-likeness (QED) is 0.679. The predicted molar refractivity (Wildman–Crippen MR) is 107 cm³/mol. The van der Waals surface area contributed by atoms with Crippen LogP contribution in [-0.2, 0) is 17.8 Å². The van der Waals surface area contributed by atoms with Gasteiger partial charge in [-0.1, -0.05) is 24.3 Å². The molecule has 3 aromatic rings. The van der Waals surface area contributed by atoms with Crippen molar-refractivity contribution < 1.29 is 9.18 Å². The number of nitrogens with zero attached hydrogens (tertiary/aromatic N) is 4. The molecule has 0 spiro atoms. The highest BCUT2D eigenvalue weighted by Gasteiger charge is 2.28. The van der Waals surface area contributed by atoms with Crippen LogP contribution in [0, 0.1) is 17.1 Å². The Bertz CT molecular complexity index is 1110. The van der Waals surface area contributed by atoms with Gasteiger partial charge in [0.25, 0.3) is 0 Å². The molecule has 6 heteroatoms. The zero-order valence-corrected chi connectivity index (χ0v) is 16.4. The molecule has 1 unspecified atom stereocenters. The van der Waals surface area contributed by atoms with Gasteiger partial charge >= 0.3 is 0 Å². The molecule has 1 amide bonds. The lowest BCUT2D eigenvalue weighted by atomic mass is 9.99. The number of hydrogen-bond acceptors (Lipinski definition) is 3. The van der Waals surface area contributed by atoms with E-state index in [1.807, 2.05) is 34.7 Å². The Morgan fingerprint density at radius 3 is 2.69 bits per heavy atom. The largest absolute Gasteiger partial charge is 0.338 e. The summed E-state index contributed by atoms with van der Waals surface area (Å²) in [5.41, 5.74) is 5.26. The predicted octanol–water partition coefficient (Wildman–Crippen LogP) is 4.07. The number of rotatable bonds is 3. The lowest BCUT2D eigenvalue weighted by Gasteiger charge is -2.28. The molecule has 29 heavy (non-hydrogen) atoms. The lowest BCUT2D eigenvalue weighted by Crippen LogP contribution is -2.35. The molecule has 0 N–H and O–H groups in total. The van der Waals surface area contributed by atoms with Gasteiger partial charge in [0, 0.05) is 43.3 Å². The van der Waals surface area contributed by atoms with Gasteiger partial charge in [-0.05, 0) is 36.8 Å². The van der Waals surface area contributed by atoms with Crippen molar-refractivity contribution in [1.29, 1.82) is 5.26 Å². The SMILES string of the molecule is CC(=O)N1CCc2c(c(-c3cccc(C#N)c3)nn2C(C)c2ccc(F)cc2)C1. The highest BCUT2D eigenvalue weighted by molar-refractivity contribution is 5.75. The van der Waals surface area contributed by atoms with E-state index in [-0.39, 0.29) is 17.8 Å². The van der Waals surface area contributed by atoms with Crippen LogP contribution < -0.4 is 0 Å². The van der Waals surface area contributed by atoms with Gasteiger partial charge in [0.1, 0.15) is 5.82 Å². The second kappa shape index (κ2) is 7.51. The van der Waals surface area contributed by atoms with E-state index in [0.29, 0.717) is 25.1 Å². The Hall–Kier alpha value is -3.46. The lowest BCUT2D eigenvalue weighted by molar-refractivity contribution is -0.129. The fourth-order valence-corrected chi connectivity index (χ4v) is 3.89. The Morgan fingerprint density at radius 1 is 1.24 bits per heavy atom. The molecule has 0 fully saturated rings. The molecule has 146 valence electrons. The first-order valence-corrected chi connectivity index (χ1v) is 9.59. The van der Waals surface area contributed by atoms with E-state index < -0.39 is 0 Å². The first-order valence-electron chi connectivity index (χ1n) is 9.59. The molecule has 0 aliphatic carbocycles. The number of halogens is 1. The van der Waals surface area contributed by atoms with Crippen LogP contribution in [-0.4, -0.2) is 27.1 Å². The smallest absolute Gasteiger partial charge is 0.219 e. The van der Waals surface area contributed by atoms with E-state index >= 15 is 0 Å². The topological polar surface area (TPSA) is 61.9 Å². The zero-order chi connectivity index (χ0) is 20.5. The fraction of sp³-hybridized carbons (Fsp3) is 0.261. The zero-order valence-electron chi connectivity index (χ0n) is 16.4. The van der Waals surface area contributed by atoms with Gasteiger partial charge < -0.3 is 4.90 Å². The summed E-state index contributed by atoms with van der Waals surface area (Å²) in [5.74, 6) is -0.235. The van der Waals surface area contributed by atoms with Crippen LogP contribution in [0.3, 0.4) is 0 Å². The minimum Gasteiger partial charge on any atom is -0.338 e. The molecule has 0 saturated heterocycles. The van der Waals surface area contributed by atoms with Crippen molar-refractivity contribution in [3.8, 4) is 17.3 Å². The summed E-state index contributed by atoms with van der Waals surface area (Å²) in [4.78, 5) is 13.8. The summed E-state index contributed by atoms with van der Waals surface area (Å²) in [7, 11) is 0. The van der Waals surface area contributed by atoms with Gasteiger partial charge in [-0.25, -0.2) is 4.39 Å². The Labute approximate surface area is 169 Å². The number of hydrogen-bond donors (Lipinski definition) is 0. The van der Waals surface area contributed by atoms with Crippen molar-refractivity contribution in [2.75, 3.05) is 6.54 Å². The van der Waals surface area contributed by atoms with Crippen LogP contribution in [0.2, 0.25) is 0 Å². The van der Waals surface area contributed by atoms with Crippen LogP contribution >= 0.6 is 0 Å². The minimum absolute atomic E-state index is 0.0340. The van der Waals surface area contributed by atoms with Crippen molar-refractivity contribution in [2.24, 2.45) is 0 Å². The molecule has 1 aliphatic rings. The monoisotopic (exact) mass is 388 g/mol. The first kappa shape index (κ1) is 18.9. The summed E-state index contributed by atoms with van der Waals surface area (Å²) in [6.07, 6.45) is 0.700. The Balaban J connectivity index is 1.84. The molecule has 5 nitrogen and oxygen atoms in total. The molecule has 0 bridgehead atoms. The van der Waals surface area contributed by atoms with E-state index in [4.69, 9.17) is 5.10 Å². The second-order valence-corrected chi connectivity index (χ2v) is 7.33. The maximum Gasteiger partial charge on any atom is 0.219 e. The van der Waals surface area contributed by atoms with Gasteiger partial charge in [0.15, 0.2) is 0 Å². The standard InChI is InChI=1S/C23H21FN4O/c1-15(18-6-8-20(24)9-7-18)28-22-10-11-27(16(2)29)14-21(22)23(26-28)19-5-3-4-17(12-19)13-25/h3-9,12,15H,10-11,14H2,1-2H3. The van der Waals surface area contributed by atoms with E-state index in [0.717, 1.165) is 28.1 Å². The molecular formula is C23H21FN4O. The number of nitriles is 1. The number of aromatic nitrogens is 2. The third-order valence-electron chi connectivity index (χ3n) is 5.52. The van der Waals surface area contributed by atoms with Crippen molar-refractivity contribution in [2.45, 2.75) is 32.9 Å². The molecule has 1 atom stereocenters. The van der Waals surface area contributed by atoms with E-state index in [9.17, 15) is 14.4 Å². The van der Waals surface area contributed by atoms with Crippen LogP contribution in [0.25, 0.3) is 11.3 Å². The minimum atomic E-state index is -0.269. The maximum absolute atomic E-state index is 13.4. The average molecular weight is 388 g/mol. The number of carbonyl (C=O) groups is 1. The summed E-state index contributed by atoms with van der Waals surface area (Å²) >= 11 is 0. The molecular weight excluding hydrogens is 367 g/mol. The van der Waals surface area contributed by atoms with Crippen molar-refractivity contribution in [3.05, 3.63) is 76.7 Å². The van der Waals surface area contributed by atoms with E-state index in [2.05, 4.69) is 6.07 Å². The molecule has 2 heterocycles. The highest BCUT2D eigenvalue weighted by Crippen LogP contribution is 2.33. The second-order valence-electron chi connectivity index (χ2n) is 7.33. The van der Waals surface area contributed by atoms with Gasteiger partial charge in [-0.3, -0.25) is 9.48 Å². The highest BCUT2D eigenvalue weighted by atomic mass is 19.1. The third kappa shape index (κ3) is 3.52. The Kier molecular flexibility index (Phi) is 4.89. The molecule has 2 aromatic carbocycles. The maximum atomic E-state index is 13.4. The number of amides is 1. The molecule has 1 aromatic heterocycles. The fourth-order valence-electron chi connectivity index (χ4n) is 3.89. The summed E-state index contributed by atoms with van der Waals surface area (Å²) in [6.45, 7) is 4.74. The van der Waals surface area contributed by atoms with Gasteiger partial charge in [0.05, 0.1) is 23.4 Å². The third-order valence-corrected chi connectivity index (χ3v) is 5.52. The molecule has 0 radical (unpaired) electrons. The van der Waals surface area contributed by atoms with Crippen LogP contribution in [0.5, 0.6) is 0 Å². The van der Waals surface area contributed by atoms with Crippen molar-refractivity contribution >= 4 is 5.91 Å². The van der Waals surface area contributed by atoms with E-state index in [1.54, 1.807) is 25.1 Å². The molecule has 1 aliphatic heterocycles. The van der Waals surface area contributed by atoms with Gasteiger partial charge in [-0.2, -0.15) is 10.4 Å². The van der Waals surface area contributed by atoms with Crippen LogP contribution in [0.15, 0.2) is 48.5 Å². The van der Waals surface area contributed by atoms with Gasteiger partial charge in [0.2, 0.25) is 5.91 Å². The number of carbonyl (C=O) groups excluding carboxylic acids is 1. The Morgan fingerprint density at radius 2 is 2.00 bits per heavy atom. The summed E-state index contributed by atoms with van der Waals surface area (Å²) in [6, 6.07) is 15.9. The first-order chi connectivity index (χ1) is 14.0. The van der Waals surface area contributed by atoms with Crippen LogP contribution in [0.4, 0.5) is 4.39 Å². The molecule has 0 saturated carbocycles. The van der Waals surface area contributed by atoms with E-state index in [1.165, 1.54) is 12.1 Å². The normalized spacial score (nSPS) is 14.2. The van der Waals surface area contributed by atoms with Crippen LogP contribution in [0.1, 0.15) is 42.3 Å². The summed E-state index contributed by atoms with van der Waals surface area (Å²) < 4.78 is 15.3. The number of fused-ring (bicyclic) bond motifs is 1. The van der Waals surface area contributed by atoms with Crippen molar-refractivity contribution in [3.63, 3.8) is 0 Å². The van der Waals surface area contributed by atoms with Gasteiger partial charge in [-0.15, -0.1) is 0 Å². The molecule has 4 rings (SSSR count). The van der Waals surface area contributed by atoms with Crippen molar-refractivity contribution in [1.82, 2.24) is 14.7 Å². The summed E-state index contributed by atoms with van der Waals surface area (Å²) in [5, 5.41) is 14.2. The average Bonchev–Trinajstić information content (AvgIpc) is 3.12.